The van der Waals surface area contributed by atoms with Crippen molar-refractivity contribution in [2.45, 2.75) is 12.8 Å². The average Bonchev–Trinajstić information content (AvgIpc) is 2.77. The minimum Gasteiger partial charge on any atom is -0.292 e. The molecule has 0 bridgehead atoms. The van der Waals surface area contributed by atoms with Gasteiger partial charge in [-0.15, -0.1) is 11.6 Å². The molecule has 0 aliphatic heterocycles. The number of halogens is 4. The van der Waals surface area contributed by atoms with Crippen LogP contribution in [-0.2, 0) is 5.88 Å². The topological polar surface area (TPSA) is 17.8 Å². The zero-order valence-electron chi connectivity index (χ0n) is 11.0. The SMILES string of the molecule is Cc1ccc(-n2c(CCl)nc3cc(F)c(Br)cc32)c(F)c1. The van der Waals surface area contributed by atoms with E-state index in [9.17, 15) is 8.78 Å². The van der Waals surface area contributed by atoms with E-state index in [1.807, 2.05) is 6.92 Å². The standard InChI is InChI=1S/C15H10BrClF2N2/c1-8-2-3-13(11(19)4-8)21-14-5-9(16)10(18)6-12(14)20-15(21)7-17/h2-6H,7H2,1H3. The third kappa shape index (κ3) is 2.45. The molecule has 0 unspecified atom stereocenters. The molecule has 2 nitrogen and oxygen atoms in total. The van der Waals surface area contributed by atoms with Crippen LogP contribution in [0, 0.1) is 18.6 Å². The number of aryl methyl sites for hydroxylation is 1. The van der Waals surface area contributed by atoms with Crippen LogP contribution in [0.25, 0.3) is 16.7 Å². The molecule has 0 atom stereocenters. The molecule has 0 amide bonds. The van der Waals surface area contributed by atoms with Crippen molar-refractivity contribution in [2.75, 3.05) is 0 Å². The minimum absolute atomic E-state index is 0.0984. The monoisotopic (exact) mass is 370 g/mol. The number of hydrogen-bond acceptors (Lipinski definition) is 1. The first kappa shape index (κ1) is 14.5. The van der Waals surface area contributed by atoms with Gasteiger partial charge in [0, 0.05) is 6.07 Å². The van der Waals surface area contributed by atoms with Crippen LogP contribution in [0.4, 0.5) is 8.78 Å². The van der Waals surface area contributed by atoms with E-state index in [-0.39, 0.29) is 11.7 Å². The molecule has 0 saturated heterocycles. The Labute approximate surface area is 133 Å². The van der Waals surface area contributed by atoms with Gasteiger partial charge < -0.3 is 0 Å². The van der Waals surface area contributed by atoms with Crippen LogP contribution in [0.3, 0.4) is 0 Å². The van der Waals surface area contributed by atoms with Gasteiger partial charge in [-0.25, -0.2) is 13.8 Å². The van der Waals surface area contributed by atoms with Gasteiger partial charge in [-0.1, -0.05) is 6.07 Å². The molecule has 0 radical (unpaired) electrons. The van der Waals surface area contributed by atoms with Crippen molar-refractivity contribution in [1.29, 1.82) is 0 Å². The molecular formula is C15H10BrClF2N2. The summed E-state index contributed by atoms with van der Waals surface area (Å²) in [6.45, 7) is 1.81. The normalized spacial score (nSPS) is 11.3. The molecule has 0 fully saturated rings. The highest BCUT2D eigenvalue weighted by molar-refractivity contribution is 9.10. The second-order valence-corrected chi connectivity index (χ2v) is 5.83. The maximum atomic E-state index is 14.3. The molecule has 0 saturated carbocycles. The molecule has 108 valence electrons. The average molecular weight is 372 g/mol. The molecule has 1 heterocycles. The summed E-state index contributed by atoms with van der Waals surface area (Å²) in [6, 6.07) is 7.79. The van der Waals surface area contributed by atoms with E-state index in [4.69, 9.17) is 11.6 Å². The van der Waals surface area contributed by atoms with E-state index in [0.717, 1.165) is 5.56 Å². The number of nitrogens with zero attached hydrogens (tertiary/aromatic N) is 2. The zero-order valence-corrected chi connectivity index (χ0v) is 13.3. The largest absolute Gasteiger partial charge is 0.292 e. The van der Waals surface area contributed by atoms with Crippen molar-refractivity contribution < 1.29 is 8.78 Å². The minimum atomic E-state index is -0.419. The van der Waals surface area contributed by atoms with Crippen LogP contribution in [0.15, 0.2) is 34.8 Å². The molecule has 6 heteroatoms. The lowest BCUT2D eigenvalue weighted by molar-refractivity contribution is 0.616. The van der Waals surface area contributed by atoms with Gasteiger partial charge >= 0.3 is 0 Å². The second-order valence-electron chi connectivity index (χ2n) is 4.71. The predicted octanol–water partition coefficient (Wildman–Crippen LogP) is 5.11. The number of benzene rings is 2. The van der Waals surface area contributed by atoms with Gasteiger partial charge in [0.05, 0.1) is 27.1 Å². The van der Waals surface area contributed by atoms with Crippen LogP contribution in [0.1, 0.15) is 11.4 Å². The van der Waals surface area contributed by atoms with Crippen molar-refractivity contribution in [1.82, 2.24) is 9.55 Å². The van der Waals surface area contributed by atoms with Crippen molar-refractivity contribution in [3.63, 3.8) is 0 Å². The van der Waals surface area contributed by atoms with Gasteiger partial charge in [0.2, 0.25) is 0 Å². The van der Waals surface area contributed by atoms with Gasteiger partial charge in [0.25, 0.3) is 0 Å². The lowest BCUT2D eigenvalue weighted by Gasteiger charge is -2.10. The zero-order chi connectivity index (χ0) is 15.1. The quantitative estimate of drug-likeness (QED) is 0.572. The van der Waals surface area contributed by atoms with Crippen LogP contribution in [0.2, 0.25) is 0 Å². The Morgan fingerprint density at radius 3 is 2.62 bits per heavy atom. The Bertz CT molecular complexity index is 845. The Morgan fingerprint density at radius 2 is 1.95 bits per heavy atom. The van der Waals surface area contributed by atoms with Crippen LogP contribution in [-0.4, -0.2) is 9.55 Å². The summed E-state index contributed by atoms with van der Waals surface area (Å²) in [5, 5.41) is 0. The number of fused-ring (bicyclic) bond motifs is 1. The van der Waals surface area contributed by atoms with E-state index < -0.39 is 5.82 Å². The summed E-state index contributed by atoms with van der Waals surface area (Å²) in [5.41, 5.74) is 2.20. The molecule has 3 rings (SSSR count). The first-order valence-corrected chi connectivity index (χ1v) is 7.53. The summed E-state index contributed by atoms with van der Waals surface area (Å²) in [7, 11) is 0. The summed E-state index contributed by atoms with van der Waals surface area (Å²) in [5.74, 6) is -0.230. The highest BCUT2D eigenvalue weighted by Gasteiger charge is 2.16. The van der Waals surface area contributed by atoms with Crippen LogP contribution in [0.5, 0.6) is 0 Å². The van der Waals surface area contributed by atoms with E-state index >= 15 is 0 Å². The summed E-state index contributed by atoms with van der Waals surface area (Å²) >= 11 is 9.05. The van der Waals surface area contributed by atoms with Gasteiger partial charge in [0.1, 0.15) is 17.5 Å². The first-order chi connectivity index (χ1) is 10.0. The molecule has 2 aromatic carbocycles. The second kappa shape index (κ2) is 5.39. The van der Waals surface area contributed by atoms with E-state index in [1.165, 1.54) is 12.1 Å². The van der Waals surface area contributed by atoms with Crippen molar-refractivity contribution in [2.24, 2.45) is 0 Å². The van der Waals surface area contributed by atoms with Crippen molar-refractivity contribution in [3.8, 4) is 5.69 Å². The van der Waals surface area contributed by atoms with Gasteiger partial charge in [-0.05, 0) is 46.6 Å². The third-order valence-corrected chi connectivity index (χ3v) is 4.08. The fourth-order valence-electron chi connectivity index (χ4n) is 2.27. The fraction of sp³-hybridized carbons (Fsp3) is 0.133. The Hall–Kier alpha value is -1.46. The molecule has 3 aromatic rings. The Balaban J connectivity index is 2.37. The molecular weight excluding hydrogens is 362 g/mol. The smallest absolute Gasteiger partial charge is 0.147 e. The molecule has 0 aliphatic carbocycles. The maximum Gasteiger partial charge on any atom is 0.147 e. The van der Waals surface area contributed by atoms with Crippen molar-refractivity contribution >= 4 is 38.6 Å². The highest BCUT2D eigenvalue weighted by atomic mass is 79.9. The van der Waals surface area contributed by atoms with Crippen molar-refractivity contribution in [3.05, 3.63) is 57.8 Å². The number of rotatable bonds is 2. The number of hydrogen-bond donors (Lipinski definition) is 0. The van der Waals surface area contributed by atoms with Gasteiger partial charge in [-0.2, -0.15) is 0 Å². The highest BCUT2D eigenvalue weighted by Crippen LogP contribution is 2.28. The molecule has 1 aromatic heterocycles. The van der Waals surface area contributed by atoms with Gasteiger partial charge in [-0.3, -0.25) is 4.57 Å². The lowest BCUT2D eigenvalue weighted by atomic mass is 10.2. The maximum absolute atomic E-state index is 14.3. The van der Waals surface area contributed by atoms with Gasteiger partial charge in [0.15, 0.2) is 0 Å². The summed E-state index contributed by atoms with van der Waals surface area (Å²) < 4.78 is 29.8. The third-order valence-electron chi connectivity index (χ3n) is 3.23. The predicted molar refractivity (Wildman–Crippen MR) is 83.0 cm³/mol. The molecule has 21 heavy (non-hydrogen) atoms. The number of imidazole rings is 1. The van der Waals surface area contributed by atoms with Crippen LogP contribution < -0.4 is 0 Å². The summed E-state index contributed by atoms with van der Waals surface area (Å²) in [6.07, 6.45) is 0. The van der Waals surface area contributed by atoms with E-state index in [1.54, 1.807) is 22.8 Å². The Morgan fingerprint density at radius 1 is 1.19 bits per heavy atom. The molecule has 0 spiro atoms. The molecule has 0 aliphatic rings. The Kier molecular flexibility index (Phi) is 3.71. The summed E-state index contributed by atoms with van der Waals surface area (Å²) in [4.78, 5) is 4.28. The molecule has 0 N–H and O–H groups in total. The van der Waals surface area contributed by atoms with E-state index in [2.05, 4.69) is 20.9 Å². The van der Waals surface area contributed by atoms with E-state index in [0.29, 0.717) is 27.0 Å². The number of alkyl halides is 1. The first-order valence-electron chi connectivity index (χ1n) is 6.20. The lowest BCUT2D eigenvalue weighted by Crippen LogP contribution is -2.02. The fourth-order valence-corrected chi connectivity index (χ4v) is 2.78. The number of aromatic nitrogens is 2. The van der Waals surface area contributed by atoms with Crippen LogP contribution >= 0.6 is 27.5 Å².